The second-order valence-electron chi connectivity index (χ2n) is 6.40. The maximum atomic E-state index is 5.79. The Morgan fingerprint density at radius 1 is 1.24 bits per heavy atom. The quantitative estimate of drug-likeness (QED) is 0.408. The molecule has 6 nitrogen and oxygen atoms in total. The molecule has 0 radical (unpaired) electrons. The van der Waals surface area contributed by atoms with E-state index in [1.54, 1.807) is 7.11 Å². The lowest BCUT2D eigenvalue weighted by molar-refractivity contribution is 0.0283. The average Bonchev–Trinajstić information content (AvgIpc) is 3.07. The lowest BCUT2D eigenvalue weighted by Crippen LogP contribution is -2.39. The first-order chi connectivity index (χ1) is 12.1. The summed E-state index contributed by atoms with van der Waals surface area (Å²) in [6.07, 6.45) is 3.09. The van der Waals surface area contributed by atoms with Crippen molar-refractivity contribution < 1.29 is 14.2 Å². The number of nitrogens with one attached hydrogen (secondary N) is 2. The molecule has 0 aliphatic carbocycles. The molecule has 2 rings (SSSR count). The number of aliphatic imine (C=N–C) groups is 1. The molecule has 1 saturated heterocycles. The van der Waals surface area contributed by atoms with Crippen LogP contribution in [0.5, 0.6) is 11.5 Å². The highest BCUT2D eigenvalue weighted by Gasteiger charge is 2.29. The smallest absolute Gasteiger partial charge is 0.191 e. The molecular formula is C19H31N3O3. The second kappa shape index (κ2) is 10.1. The topological polar surface area (TPSA) is 64.1 Å². The number of benzene rings is 1. The Morgan fingerprint density at radius 2 is 2.00 bits per heavy atom. The van der Waals surface area contributed by atoms with E-state index in [-0.39, 0.29) is 5.60 Å². The SMILES string of the molecule is CCNC(=NCC1(C)CCCO1)NCCCOc1ccc(OC)cc1. The van der Waals surface area contributed by atoms with E-state index < -0.39 is 0 Å². The Kier molecular flexibility index (Phi) is 7.85. The second-order valence-corrected chi connectivity index (χ2v) is 6.40. The predicted octanol–water partition coefficient (Wildman–Crippen LogP) is 2.59. The first-order valence-electron chi connectivity index (χ1n) is 9.08. The van der Waals surface area contributed by atoms with Gasteiger partial charge in [0, 0.05) is 19.7 Å². The highest BCUT2D eigenvalue weighted by atomic mass is 16.5. The van der Waals surface area contributed by atoms with Gasteiger partial charge in [-0.15, -0.1) is 0 Å². The summed E-state index contributed by atoms with van der Waals surface area (Å²) >= 11 is 0. The van der Waals surface area contributed by atoms with Crippen LogP contribution in [0, 0.1) is 0 Å². The Bertz CT molecular complexity index is 525. The van der Waals surface area contributed by atoms with E-state index in [0.29, 0.717) is 13.2 Å². The van der Waals surface area contributed by atoms with Crippen molar-refractivity contribution in [3.05, 3.63) is 24.3 Å². The minimum atomic E-state index is -0.111. The maximum absolute atomic E-state index is 5.79. The molecule has 0 aromatic heterocycles. The largest absolute Gasteiger partial charge is 0.497 e. The van der Waals surface area contributed by atoms with Crippen molar-refractivity contribution >= 4 is 5.96 Å². The molecule has 0 bridgehead atoms. The molecule has 0 amide bonds. The summed E-state index contributed by atoms with van der Waals surface area (Å²) in [6.45, 7) is 8.03. The summed E-state index contributed by atoms with van der Waals surface area (Å²) in [5.74, 6) is 2.52. The van der Waals surface area contributed by atoms with Gasteiger partial charge in [-0.25, -0.2) is 0 Å². The summed E-state index contributed by atoms with van der Waals surface area (Å²) in [4.78, 5) is 4.66. The number of hydrogen-bond donors (Lipinski definition) is 2. The van der Waals surface area contributed by atoms with E-state index in [1.165, 1.54) is 0 Å². The summed E-state index contributed by atoms with van der Waals surface area (Å²) in [6, 6.07) is 7.63. The standard InChI is InChI=1S/C19H31N3O3/c1-4-20-18(22-15-19(2)11-5-14-25-19)21-12-6-13-24-17-9-7-16(23-3)8-10-17/h7-10H,4-6,11-15H2,1-3H3,(H2,20,21,22). The average molecular weight is 349 g/mol. The number of rotatable bonds is 9. The lowest BCUT2D eigenvalue weighted by Gasteiger charge is -2.21. The van der Waals surface area contributed by atoms with E-state index in [4.69, 9.17) is 14.2 Å². The highest BCUT2D eigenvalue weighted by molar-refractivity contribution is 5.79. The molecule has 1 fully saturated rings. The van der Waals surface area contributed by atoms with Crippen LogP contribution in [0.25, 0.3) is 0 Å². The van der Waals surface area contributed by atoms with Gasteiger partial charge in [0.2, 0.25) is 0 Å². The van der Waals surface area contributed by atoms with Gasteiger partial charge in [0.25, 0.3) is 0 Å². The fourth-order valence-corrected chi connectivity index (χ4v) is 2.69. The monoisotopic (exact) mass is 349 g/mol. The van der Waals surface area contributed by atoms with Crippen molar-refractivity contribution in [2.75, 3.05) is 40.0 Å². The molecule has 6 heteroatoms. The van der Waals surface area contributed by atoms with Crippen LogP contribution in [0.15, 0.2) is 29.3 Å². The number of ether oxygens (including phenoxy) is 3. The first-order valence-corrected chi connectivity index (χ1v) is 9.08. The fraction of sp³-hybridized carbons (Fsp3) is 0.632. The Labute approximate surface area is 151 Å². The van der Waals surface area contributed by atoms with Gasteiger partial charge in [0.15, 0.2) is 5.96 Å². The third-order valence-electron chi connectivity index (χ3n) is 4.16. The van der Waals surface area contributed by atoms with Gasteiger partial charge in [-0.1, -0.05) is 0 Å². The van der Waals surface area contributed by atoms with E-state index in [2.05, 4.69) is 29.5 Å². The highest BCUT2D eigenvalue weighted by Crippen LogP contribution is 2.25. The van der Waals surface area contributed by atoms with Gasteiger partial charge < -0.3 is 24.8 Å². The van der Waals surface area contributed by atoms with Crippen LogP contribution in [-0.4, -0.2) is 51.5 Å². The molecule has 2 N–H and O–H groups in total. The normalized spacial score (nSPS) is 20.4. The first kappa shape index (κ1) is 19.4. The van der Waals surface area contributed by atoms with E-state index >= 15 is 0 Å². The molecule has 25 heavy (non-hydrogen) atoms. The number of methoxy groups -OCH3 is 1. The van der Waals surface area contributed by atoms with E-state index in [9.17, 15) is 0 Å². The third-order valence-corrected chi connectivity index (χ3v) is 4.16. The van der Waals surface area contributed by atoms with Crippen LogP contribution >= 0.6 is 0 Å². The summed E-state index contributed by atoms with van der Waals surface area (Å²) in [5.41, 5.74) is -0.111. The van der Waals surface area contributed by atoms with Crippen LogP contribution in [0.1, 0.15) is 33.1 Å². The lowest BCUT2D eigenvalue weighted by atomic mass is 10.0. The molecule has 1 aliphatic heterocycles. The maximum Gasteiger partial charge on any atom is 0.191 e. The van der Waals surface area contributed by atoms with Crippen molar-refractivity contribution in [3.8, 4) is 11.5 Å². The van der Waals surface area contributed by atoms with Gasteiger partial charge in [-0.3, -0.25) is 4.99 Å². The molecule has 1 atom stereocenters. The number of hydrogen-bond acceptors (Lipinski definition) is 4. The predicted molar refractivity (Wildman–Crippen MR) is 101 cm³/mol. The minimum absolute atomic E-state index is 0.111. The molecule has 1 unspecified atom stereocenters. The molecule has 1 aromatic rings. The molecular weight excluding hydrogens is 318 g/mol. The van der Waals surface area contributed by atoms with Gasteiger partial charge in [0.1, 0.15) is 11.5 Å². The summed E-state index contributed by atoms with van der Waals surface area (Å²) < 4.78 is 16.6. The van der Waals surface area contributed by atoms with Crippen LogP contribution in [0.4, 0.5) is 0 Å². The Morgan fingerprint density at radius 3 is 2.64 bits per heavy atom. The summed E-state index contributed by atoms with van der Waals surface area (Å²) in [7, 11) is 1.66. The molecule has 1 aromatic carbocycles. The van der Waals surface area contributed by atoms with Gasteiger partial charge in [-0.05, 0) is 57.4 Å². The fourth-order valence-electron chi connectivity index (χ4n) is 2.69. The third kappa shape index (κ3) is 6.82. The van der Waals surface area contributed by atoms with Crippen molar-refractivity contribution in [1.29, 1.82) is 0 Å². The van der Waals surface area contributed by atoms with E-state index in [1.807, 2.05) is 24.3 Å². The van der Waals surface area contributed by atoms with Crippen LogP contribution < -0.4 is 20.1 Å². The van der Waals surface area contributed by atoms with Gasteiger partial charge >= 0.3 is 0 Å². The molecule has 0 saturated carbocycles. The van der Waals surface area contributed by atoms with Crippen molar-refractivity contribution in [3.63, 3.8) is 0 Å². The summed E-state index contributed by atoms with van der Waals surface area (Å²) in [5, 5.41) is 6.62. The zero-order valence-electron chi connectivity index (χ0n) is 15.6. The zero-order chi connectivity index (χ0) is 18.0. The molecule has 1 aliphatic rings. The van der Waals surface area contributed by atoms with Crippen molar-refractivity contribution in [1.82, 2.24) is 10.6 Å². The minimum Gasteiger partial charge on any atom is -0.497 e. The van der Waals surface area contributed by atoms with Gasteiger partial charge in [-0.2, -0.15) is 0 Å². The molecule has 1 heterocycles. The molecule has 140 valence electrons. The number of nitrogens with zero attached hydrogens (tertiary/aromatic N) is 1. The van der Waals surface area contributed by atoms with E-state index in [0.717, 1.165) is 56.4 Å². The van der Waals surface area contributed by atoms with Crippen LogP contribution in [0.3, 0.4) is 0 Å². The molecule has 0 spiro atoms. The van der Waals surface area contributed by atoms with Crippen LogP contribution in [0.2, 0.25) is 0 Å². The Hall–Kier alpha value is -1.95. The number of guanidine groups is 1. The van der Waals surface area contributed by atoms with Crippen LogP contribution in [-0.2, 0) is 4.74 Å². The van der Waals surface area contributed by atoms with Crippen molar-refractivity contribution in [2.45, 2.75) is 38.7 Å². The van der Waals surface area contributed by atoms with Crippen molar-refractivity contribution in [2.24, 2.45) is 4.99 Å². The zero-order valence-corrected chi connectivity index (χ0v) is 15.6. The van der Waals surface area contributed by atoms with Gasteiger partial charge in [0.05, 0.1) is 25.9 Å². The Balaban J connectivity index is 1.67.